The molecule has 1 heterocycles. The van der Waals surface area contributed by atoms with E-state index in [9.17, 15) is 9.59 Å². The highest BCUT2D eigenvalue weighted by Crippen LogP contribution is 2.48. The smallest absolute Gasteiger partial charge is 0.312 e. The Labute approximate surface area is 127 Å². The molecular formula is C16H27N3O2. The molecule has 5 heteroatoms. The number of rotatable bonds is 2. The fraction of sp³-hybridized carbons (Fsp3) is 0.875. The van der Waals surface area contributed by atoms with Crippen molar-refractivity contribution in [1.82, 2.24) is 15.1 Å². The number of hydrogen-bond donors (Lipinski definition) is 1. The summed E-state index contributed by atoms with van der Waals surface area (Å²) in [5.41, 5.74) is 0. The monoisotopic (exact) mass is 293 g/mol. The molecule has 3 rings (SSSR count). The van der Waals surface area contributed by atoms with Gasteiger partial charge < -0.3 is 15.1 Å². The molecule has 2 bridgehead atoms. The van der Waals surface area contributed by atoms with Crippen molar-refractivity contribution in [1.29, 1.82) is 0 Å². The number of amides is 2. The normalized spacial score (nSPS) is 32.0. The zero-order chi connectivity index (χ0) is 14.8. The minimum Gasteiger partial charge on any atom is -0.337 e. The van der Waals surface area contributed by atoms with Gasteiger partial charge in [0.2, 0.25) is 0 Å². The third-order valence-electron chi connectivity index (χ3n) is 5.55. The lowest BCUT2D eigenvalue weighted by Gasteiger charge is -2.28. The van der Waals surface area contributed by atoms with Gasteiger partial charge in [0.25, 0.3) is 0 Å². The van der Waals surface area contributed by atoms with Crippen LogP contribution in [0.15, 0.2) is 0 Å². The van der Waals surface area contributed by atoms with Gasteiger partial charge in [0.05, 0.1) is 0 Å². The van der Waals surface area contributed by atoms with Crippen LogP contribution in [0.3, 0.4) is 0 Å². The van der Waals surface area contributed by atoms with E-state index in [1.54, 1.807) is 16.8 Å². The molecule has 0 aromatic heterocycles. The van der Waals surface area contributed by atoms with Gasteiger partial charge in [-0.2, -0.15) is 0 Å². The predicted molar refractivity (Wildman–Crippen MR) is 80.6 cm³/mol. The highest BCUT2D eigenvalue weighted by Gasteiger charge is 2.40. The molecule has 3 atom stereocenters. The van der Waals surface area contributed by atoms with Gasteiger partial charge in [-0.05, 0) is 50.0 Å². The number of nitrogens with one attached hydrogen (secondary N) is 1. The first-order valence-electron chi connectivity index (χ1n) is 8.40. The van der Waals surface area contributed by atoms with Gasteiger partial charge in [0.1, 0.15) is 0 Å². The Balaban J connectivity index is 1.52. The Morgan fingerprint density at radius 2 is 2.05 bits per heavy atom. The molecule has 3 fully saturated rings. The maximum absolute atomic E-state index is 12.4. The quantitative estimate of drug-likeness (QED) is 0.763. The lowest BCUT2D eigenvalue weighted by atomic mass is 9.88. The van der Waals surface area contributed by atoms with Gasteiger partial charge in [-0.1, -0.05) is 6.42 Å². The van der Waals surface area contributed by atoms with E-state index in [-0.39, 0.29) is 11.8 Å². The van der Waals surface area contributed by atoms with Gasteiger partial charge >= 0.3 is 11.8 Å². The third-order valence-corrected chi connectivity index (χ3v) is 5.55. The molecule has 5 nitrogen and oxygen atoms in total. The highest BCUT2D eigenvalue weighted by molar-refractivity contribution is 6.34. The Morgan fingerprint density at radius 3 is 2.76 bits per heavy atom. The van der Waals surface area contributed by atoms with Gasteiger partial charge in [-0.15, -0.1) is 0 Å². The number of carbonyl (C=O) groups excluding carboxylic acids is 2. The van der Waals surface area contributed by atoms with E-state index < -0.39 is 0 Å². The van der Waals surface area contributed by atoms with Crippen LogP contribution >= 0.6 is 0 Å². The van der Waals surface area contributed by atoms with E-state index in [4.69, 9.17) is 0 Å². The second-order valence-corrected chi connectivity index (χ2v) is 7.02. The summed E-state index contributed by atoms with van der Waals surface area (Å²) < 4.78 is 0. The van der Waals surface area contributed by atoms with Gasteiger partial charge in [0.15, 0.2) is 0 Å². The van der Waals surface area contributed by atoms with Crippen molar-refractivity contribution in [2.75, 3.05) is 39.8 Å². The summed E-state index contributed by atoms with van der Waals surface area (Å²) in [4.78, 5) is 28.1. The van der Waals surface area contributed by atoms with Crippen LogP contribution in [0, 0.1) is 17.8 Å². The standard InChI is InChI=1S/C16H27N3O2/c1-18(11-14-10-12-3-4-13(14)9-12)15(20)16(21)19-7-2-5-17-6-8-19/h12-14,17H,2-11H2,1H3. The molecule has 118 valence electrons. The van der Waals surface area contributed by atoms with Crippen LogP contribution in [0.25, 0.3) is 0 Å². The lowest BCUT2D eigenvalue weighted by molar-refractivity contribution is -0.151. The van der Waals surface area contributed by atoms with Crippen LogP contribution in [0.2, 0.25) is 0 Å². The summed E-state index contributed by atoms with van der Waals surface area (Å²) in [6.45, 7) is 3.82. The molecule has 1 saturated heterocycles. The minimum absolute atomic E-state index is 0.315. The van der Waals surface area contributed by atoms with Crippen molar-refractivity contribution in [3.8, 4) is 0 Å². The molecule has 21 heavy (non-hydrogen) atoms. The van der Waals surface area contributed by atoms with Crippen LogP contribution in [0.1, 0.15) is 32.1 Å². The molecule has 2 saturated carbocycles. The highest BCUT2D eigenvalue weighted by atomic mass is 16.2. The van der Waals surface area contributed by atoms with Crippen LogP contribution in [0.4, 0.5) is 0 Å². The van der Waals surface area contributed by atoms with Crippen LogP contribution in [0.5, 0.6) is 0 Å². The fourth-order valence-corrected chi connectivity index (χ4v) is 4.38. The molecular weight excluding hydrogens is 266 g/mol. The number of likely N-dealkylation sites (N-methyl/N-ethyl adjacent to an activating group) is 1. The van der Waals surface area contributed by atoms with Gasteiger partial charge in [0, 0.05) is 33.2 Å². The Hall–Kier alpha value is -1.10. The number of hydrogen-bond acceptors (Lipinski definition) is 3. The van der Waals surface area contributed by atoms with Crippen molar-refractivity contribution in [2.24, 2.45) is 17.8 Å². The van der Waals surface area contributed by atoms with E-state index in [2.05, 4.69) is 5.32 Å². The Bertz CT molecular complexity index is 404. The van der Waals surface area contributed by atoms with Crippen LogP contribution < -0.4 is 5.32 Å². The van der Waals surface area contributed by atoms with Gasteiger partial charge in [-0.25, -0.2) is 0 Å². The first kappa shape index (κ1) is 14.8. The minimum atomic E-state index is -0.320. The van der Waals surface area contributed by atoms with Crippen LogP contribution in [-0.4, -0.2) is 61.4 Å². The molecule has 2 amide bonds. The molecule has 0 aromatic carbocycles. The molecule has 3 unspecified atom stereocenters. The summed E-state index contributed by atoms with van der Waals surface area (Å²) in [7, 11) is 1.79. The van der Waals surface area contributed by atoms with Crippen LogP contribution in [-0.2, 0) is 9.59 Å². The molecule has 2 aliphatic carbocycles. The summed E-state index contributed by atoms with van der Waals surface area (Å²) in [5.74, 6) is 1.67. The van der Waals surface area contributed by atoms with Crippen molar-refractivity contribution in [3.05, 3.63) is 0 Å². The maximum Gasteiger partial charge on any atom is 0.312 e. The fourth-order valence-electron chi connectivity index (χ4n) is 4.38. The molecule has 1 aliphatic heterocycles. The molecule has 0 aromatic rings. The largest absolute Gasteiger partial charge is 0.337 e. The van der Waals surface area contributed by atoms with Crippen molar-refractivity contribution >= 4 is 11.8 Å². The topological polar surface area (TPSA) is 52.7 Å². The van der Waals surface area contributed by atoms with Crippen molar-refractivity contribution in [2.45, 2.75) is 32.1 Å². The lowest BCUT2D eigenvalue weighted by Crippen LogP contribution is -2.46. The second-order valence-electron chi connectivity index (χ2n) is 7.02. The molecule has 1 N–H and O–H groups in total. The SMILES string of the molecule is CN(CC1CC2CCC1C2)C(=O)C(=O)N1CCCNCC1. The average Bonchev–Trinajstić information content (AvgIpc) is 2.99. The average molecular weight is 293 g/mol. The van der Waals surface area contributed by atoms with Gasteiger partial charge in [-0.3, -0.25) is 9.59 Å². The summed E-state index contributed by atoms with van der Waals surface area (Å²) >= 11 is 0. The van der Waals surface area contributed by atoms with E-state index in [1.807, 2.05) is 0 Å². The second kappa shape index (κ2) is 6.34. The molecule has 0 radical (unpaired) electrons. The third kappa shape index (κ3) is 3.23. The first-order chi connectivity index (χ1) is 10.1. The van der Waals surface area contributed by atoms with E-state index in [1.165, 1.54) is 25.7 Å². The molecule has 0 spiro atoms. The number of fused-ring (bicyclic) bond motifs is 2. The van der Waals surface area contributed by atoms with E-state index in [0.717, 1.165) is 37.9 Å². The maximum atomic E-state index is 12.4. The van der Waals surface area contributed by atoms with E-state index >= 15 is 0 Å². The molecule has 3 aliphatic rings. The number of carbonyl (C=O) groups is 2. The summed E-state index contributed by atoms with van der Waals surface area (Å²) in [5, 5.41) is 3.26. The number of nitrogens with zero attached hydrogens (tertiary/aromatic N) is 2. The summed E-state index contributed by atoms with van der Waals surface area (Å²) in [6, 6.07) is 0. The Morgan fingerprint density at radius 1 is 1.19 bits per heavy atom. The zero-order valence-corrected chi connectivity index (χ0v) is 13.0. The first-order valence-corrected chi connectivity index (χ1v) is 8.40. The van der Waals surface area contributed by atoms with Crippen molar-refractivity contribution < 1.29 is 9.59 Å². The van der Waals surface area contributed by atoms with Crippen molar-refractivity contribution in [3.63, 3.8) is 0 Å². The van der Waals surface area contributed by atoms with E-state index in [0.29, 0.717) is 19.0 Å². The Kier molecular flexibility index (Phi) is 4.48. The zero-order valence-electron chi connectivity index (χ0n) is 13.0. The summed E-state index contributed by atoms with van der Waals surface area (Å²) in [6.07, 6.45) is 6.22. The predicted octanol–water partition coefficient (Wildman–Crippen LogP) is 0.703.